The normalized spacial score (nSPS) is 10.1. The van der Waals surface area contributed by atoms with Gasteiger partial charge in [0.1, 0.15) is 0 Å². The van der Waals surface area contributed by atoms with Crippen molar-refractivity contribution in [1.82, 2.24) is 4.90 Å². The third-order valence-corrected chi connectivity index (χ3v) is 3.15. The van der Waals surface area contributed by atoms with Crippen molar-refractivity contribution >= 4 is 29.3 Å². The number of carbonyl (C=O) groups is 1. The summed E-state index contributed by atoms with van der Waals surface area (Å²) in [5.74, 6) is 1.51. The fraction of sp³-hybridized carbons (Fsp3) is 0.364. The van der Waals surface area contributed by atoms with E-state index in [2.05, 4.69) is 0 Å². The molecule has 1 aromatic carbocycles. The van der Waals surface area contributed by atoms with E-state index in [1.165, 1.54) is 5.56 Å². The first-order valence-corrected chi connectivity index (χ1v) is 6.15. The molecule has 0 aromatic heterocycles. The Bertz CT molecular complexity index is 324. The van der Waals surface area contributed by atoms with Gasteiger partial charge in [-0.25, -0.2) is 0 Å². The van der Waals surface area contributed by atoms with E-state index in [0.29, 0.717) is 5.75 Å². The quantitative estimate of drug-likeness (QED) is 0.811. The molecule has 82 valence electrons. The van der Waals surface area contributed by atoms with Crippen LogP contribution >= 0.6 is 23.4 Å². The zero-order valence-corrected chi connectivity index (χ0v) is 10.4. The van der Waals surface area contributed by atoms with Crippen LogP contribution in [0.2, 0.25) is 5.02 Å². The maximum absolute atomic E-state index is 11.3. The molecule has 0 N–H and O–H groups in total. The van der Waals surface area contributed by atoms with Crippen LogP contribution in [0.25, 0.3) is 0 Å². The van der Waals surface area contributed by atoms with Gasteiger partial charge in [0.05, 0.1) is 5.75 Å². The van der Waals surface area contributed by atoms with E-state index in [4.69, 9.17) is 11.6 Å². The van der Waals surface area contributed by atoms with Gasteiger partial charge in [0, 0.05) is 24.9 Å². The Kier molecular flexibility index (Phi) is 4.99. The van der Waals surface area contributed by atoms with Crippen LogP contribution in [0.1, 0.15) is 5.56 Å². The number of amides is 1. The van der Waals surface area contributed by atoms with E-state index in [1.54, 1.807) is 30.8 Å². The van der Waals surface area contributed by atoms with Gasteiger partial charge < -0.3 is 4.90 Å². The van der Waals surface area contributed by atoms with E-state index >= 15 is 0 Å². The molecule has 0 saturated carbocycles. The summed E-state index contributed by atoms with van der Waals surface area (Å²) in [7, 11) is 3.54. The molecule has 0 radical (unpaired) electrons. The lowest BCUT2D eigenvalue weighted by Crippen LogP contribution is -2.23. The molecule has 0 fully saturated rings. The first-order chi connectivity index (χ1) is 7.09. The van der Waals surface area contributed by atoms with Crippen LogP contribution in [0, 0.1) is 0 Å². The fourth-order valence-corrected chi connectivity index (χ4v) is 2.05. The average Bonchev–Trinajstić information content (AvgIpc) is 2.20. The molecule has 0 atom stereocenters. The van der Waals surface area contributed by atoms with Crippen LogP contribution in [-0.2, 0) is 10.5 Å². The topological polar surface area (TPSA) is 20.3 Å². The van der Waals surface area contributed by atoms with Gasteiger partial charge >= 0.3 is 0 Å². The van der Waals surface area contributed by atoms with E-state index in [0.717, 1.165) is 10.8 Å². The molecule has 1 amide bonds. The Hall–Kier alpha value is -0.670. The second-order valence-electron chi connectivity index (χ2n) is 3.41. The van der Waals surface area contributed by atoms with E-state index in [-0.39, 0.29) is 5.91 Å². The van der Waals surface area contributed by atoms with Gasteiger partial charge in [-0.3, -0.25) is 4.79 Å². The molecule has 1 rings (SSSR count). The van der Waals surface area contributed by atoms with E-state index in [9.17, 15) is 4.79 Å². The van der Waals surface area contributed by atoms with Gasteiger partial charge in [0.2, 0.25) is 5.91 Å². The van der Waals surface area contributed by atoms with Gasteiger partial charge in [0.15, 0.2) is 0 Å². The molecule has 0 aliphatic carbocycles. The van der Waals surface area contributed by atoms with Crippen LogP contribution in [0.15, 0.2) is 24.3 Å². The molecule has 0 unspecified atom stereocenters. The standard InChI is InChI=1S/C11H14ClNOS/c1-13(2)11(14)8-15-7-9-3-5-10(12)6-4-9/h3-6H,7-8H2,1-2H3. The van der Waals surface area contributed by atoms with Crippen LogP contribution in [0.5, 0.6) is 0 Å². The van der Waals surface area contributed by atoms with Gasteiger partial charge in [-0.2, -0.15) is 0 Å². The lowest BCUT2D eigenvalue weighted by Gasteiger charge is -2.09. The molecular formula is C11H14ClNOS. The van der Waals surface area contributed by atoms with Crippen LogP contribution in [0.4, 0.5) is 0 Å². The lowest BCUT2D eigenvalue weighted by molar-refractivity contribution is -0.125. The largest absolute Gasteiger partial charge is 0.348 e. The maximum Gasteiger partial charge on any atom is 0.232 e. The molecule has 0 bridgehead atoms. The Balaban J connectivity index is 2.32. The van der Waals surface area contributed by atoms with Crippen molar-refractivity contribution in [3.05, 3.63) is 34.9 Å². The lowest BCUT2D eigenvalue weighted by atomic mass is 10.2. The summed E-state index contributed by atoms with van der Waals surface area (Å²) in [6, 6.07) is 7.70. The number of hydrogen-bond donors (Lipinski definition) is 0. The molecule has 0 saturated heterocycles. The molecule has 0 aliphatic rings. The van der Waals surface area contributed by atoms with Crippen molar-refractivity contribution in [2.24, 2.45) is 0 Å². The minimum absolute atomic E-state index is 0.147. The predicted octanol–water partition coefficient (Wildman–Crippen LogP) is 2.66. The Morgan fingerprint density at radius 3 is 2.47 bits per heavy atom. The maximum atomic E-state index is 11.3. The smallest absolute Gasteiger partial charge is 0.232 e. The summed E-state index contributed by atoms with van der Waals surface area (Å²) in [5.41, 5.74) is 1.19. The van der Waals surface area contributed by atoms with Crippen molar-refractivity contribution in [3.8, 4) is 0 Å². The van der Waals surface area contributed by atoms with Crippen molar-refractivity contribution in [2.75, 3.05) is 19.8 Å². The summed E-state index contributed by atoms with van der Waals surface area (Å²) >= 11 is 7.38. The molecule has 15 heavy (non-hydrogen) atoms. The van der Waals surface area contributed by atoms with Gasteiger partial charge in [0.25, 0.3) is 0 Å². The number of rotatable bonds is 4. The third-order valence-electron chi connectivity index (χ3n) is 1.91. The number of benzene rings is 1. The van der Waals surface area contributed by atoms with Crippen LogP contribution < -0.4 is 0 Å². The molecule has 0 heterocycles. The number of hydrogen-bond acceptors (Lipinski definition) is 2. The Morgan fingerprint density at radius 1 is 1.33 bits per heavy atom. The number of halogens is 1. The fourth-order valence-electron chi connectivity index (χ4n) is 0.966. The molecule has 2 nitrogen and oxygen atoms in total. The Labute approximate surface area is 99.6 Å². The second kappa shape index (κ2) is 6.03. The van der Waals surface area contributed by atoms with Crippen molar-refractivity contribution < 1.29 is 4.79 Å². The first kappa shape index (κ1) is 12.4. The van der Waals surface area contributed by atoms with Crippen molar-refractivity contribution in [1.29, 1.82) is 0 Å². The van der Waals surface area contributed by atoms with Crippen LogP contribution in [0.3, 0.4) is 0 Å². The van der Waals surface area contributed by atoms with Gasteiger partial charge in [-0.15, -0.1) is 11.8 Å². The van der Waals surface area contributed by atoms with Crippen molar-refractivity contribution in [2.45, 2.75) is 5.75 Å². The number of carbonyl (C=O) groups excluding carboxylic acids is 1. The SMILES string of the molecule is CN(C)C(=O)CSCc1ccc(Cl)cc1. The highest BCUT2D eigenvalue weighted by Crippen LogP contribution is 2.15. The molecule has 0 aliphatic heterocycles. The van der Waals surface area contributed by atoms with Crippen molar-refractivity contribution in [3.63, 3.8) is 0 Å². The Morgan fingerprint density at radius 2 is 1.93 bits per heavy atom. The number of nitrogens with zero attached hydrogens (tertiary/aromatic N) is 1. The minimum Gasteiger partial charge on any atom is -0.348 e. The summed E-state index contributed by atoms with van der Waals surface area (Å²) in [6.45, 7) is 0. The summed E-state index contributed by atoms with van der Waals surface area (Å²) in [6.07, 6.45) is 0. The van der Waals surface area contributed by atoms with Crippen LogP contribution in [-0.4, -0.2) is 30.7 Å². The van der Waals surface area contributed by atoms with Gasteiger partial charge in [-0.1, -0.05) is 23.7 Å². The highest BCUT2D eigenvalue weighted by molar-refractivity contribution is 7.99. The number of thioether (sulfide) groups is 1. The monoisotopic (exact) mass is 243 g/mol. The summed E-state index contributed by atoms with van der Waals surface area (Å²) in [5, 5.41) is 0.744. The third kappa shape index (κ3) is 4.58. The zero-order chi connectivity index (χ0) is 11.3. The van der Waals surface area contributed by atoms with Gasteiger partial charge in [-0.05, 0) is 17.7 Å². The summed E-state index contributed by atoms with van der Waals surface area (Å²) < 4.78 is 0. The molecule has 1 aromatic rings. The zero-order valence-electron chi connectivity index (χ0n) is 8.87. The highest BCUT2D eigenvalue weighted by atomic mass is 35.5. The highest BCUT2D eigenvalue weighted by Gasteiger charge is 2.03. The predicted molar refractivity (Wildman–Crippen MR) is 66.3 cm³/mol. The van der Waals surface area contributed by atoms with E-state index < -0.39 is 0 Å². The van der Waals surface area contributed by atoms with E-state index in [1.807, 2.05) is 24.3 Å². The molecule has 4 heteroatoms. The second-order valence-corrected chi connectivity index (χ2v) is 4.83. The first-order valence-electron chi connectivity index (χ1n) is 4.62. The average molecular weight is 244 g/mol. The molecular weight excluding hydrogens is 230 g/mol. The summed E-state index contributed by atoms with van der Waals surface area (Å²) in [4.78, 5) is 12.9. The molecule has 0 spiro atoms. The minimum atomic E-state index is 0.147.